The second-order valence-corrected chi connectivity index (χ2v) is 4.03. The average Bonchev–Trinajstić information content (AvgIpc) is 2.63. The first-order chi connectivity index (χ1) is 7.33. The summed E-state index contributed by atoms with van der Waals surface area (Å²) in [6, 6.07) is 2.04. The van der Waals surface area contributed by atoms with E-state index in [2.05, 4.69) is 17.3 Å². The molecule has 0 atom stereocenters. The molecular weight excluding hydrogens is 186 g/mol. The van der Waals surface area contributed by atoms with E-state index in [0.29, 0.717) is 0 Å². The number of nitrogens with zero attached hydrogens (tertiary/aromatic N) is 2. The quantitative estimate of drug-likeness (QED) is 0.666. The molecule has 1 N–H and O–H groups in total. The van der Waals surface area contributed by atoms with Crippen LogP contribution < -0.4 is 5.32 Å². The second-order valence-electron chi connectivity index (χ2n) is 4.03. The standard InChI is InChI=1S/C12H23N3/c1-3-4-5-6-8-13-9-11-15-10-7-12(2)14-15/h7,10,13H,3-6,8-9,11H2,1-2H3. The van der Waals surface area contributed by atoms with Gasteiger partial charge in [-0.1, -0.05) is 26.2 Å². The summed E-state index contributed by atoms with van der Waals surface area (Å²) in [4.78, 5) is 0. The Kier molecular flexibility index (Phi) is 6.09. The minimum absolute atomic E-state index is 0.974. The van der Waals surface area contributed by atoms with E-state index < -0.39 is 0 Å². The Morgan fingerprint density at radius 3 is 2.80 bits per heavy atom. The van der Waals surface area contributed by atoms with Gasteiger partial charge in [0.25, 0.3) is 0 Å². The number of aromatic nitrogens is 2. The summed E-state index contributed by atoms with van der Waals surface area (Å²) < 4.78 is 1.99. The van der Waals surface area contributed by atoms with Gasteiger partial charge in [-0.05, 0) is 26.0 Å². The summed E-state index contributed by atoms with van der Waals surface area (Å²) in [5.41, 5.74) is 1.10. The van der Waals surface area contributed by atoms with Crippen molar-refractivity contribution in [2.45, 2.75) is 46.1 Å². The Morgan fingerprint density at radius 2 is 2.13 bits per heavy atom. The number of unbranched alkanes of at least 4 members (excludes halogenated alkanes) is 3. The van der Waals surface area contributed by atoms with Crippen LogP contribution in [0.2, 0.25) is 0 Å². The summed E-state index contributed by atoms with van der Waals surface area (Å²) in [6.45, 7) is 7.40. The van der Waals surface area contributed by atoms with Crippen molar-refractivity contribution in [2.75, 3.05) is 13.1 Å². The molecule has 3 heteroatoms. The van der Waals surface area contributed by atoms with Gasteiger partial charge in [0.2, 0.25) is 0 Å². The van der Waals surface area contributed by atoms with Crippen LogP contribution in [0.3, 0.4) is 0 Å². The lowest BCUT2D eigenvalue weighted by atomic mass is 10.2. The Labute approximate surface area is 92.9 Å². The van der Waals surface area contributed by atoms with Crippen molar-refractivity contribution in [3.8, 4) is 0 Å². The maximum atomic E-state index is 4.33. The van der Waals surface area contributed by atoms with Gasteiger partial charge in [-0.3, -0.25) is 4.68 Å². The van der Waals surface area contributed by atoms with E-state index in [4.69, 9.17) is 0 Å². The molecule has 0 fully saturated rings. The molecule has 0 bridgehead atoms. The predicted molar refractivity (Wildman–Crippen MR) is 64.0 cm³/mol. The molecule has 0 aliphatic heterocycles. The first kappa shape index (κ1) is 12.2. The summed E-state index contributed by atoms with van der Waals surface area (Å²) in [6.07, 6.45) is 7.36. The molecule has 1 aromatic rings. The minimum Gasteiger partial charge on any atom is -0.315 e. The van der Waals surface area contributed by atoms with Crippen LogP contribution in [0.15, 0.2) is 12.3 Å². The van der Waals surface area contributed by atoms with Crippen molar-refractivity contribution in [2.24, 2.45) is 0 Å². The topological polar surface area (TPSA) is 29.9 Å². The van der Waals surface area contributed by atoms with Crippen molar-refractivity contribution < 1.29 is 0 Å². The third kappa shape index (κ3) is 5.57. The van der Waals surface area contributed by atoms with E-state index >= 15 is 0 Å². The number of rotatable bonds is 8. The smallest absolute Gasteiger partial charge is 0.0593 e. The van der Waals surface area contributed by atoms with Gasteiger partial charge in [0.15, 0.2) is 0 Å². The summed E-state index contributed by atoms with van der Waals surface area (Å²) in [5.74, 6) is 0. The van der Waals surface area contributed by atoms with Crippen molar-refractivity contribution in [3.05, 3.63) is 18.0 Å². The monoisotopic (exact) mass is 209 g/mol. The first-order valence-corrected chi connectivity index (χ1v) is 6.03. The third-order valence-corrected chi connectivity index (χ3v) is 2.50. The van der Waals surface area contributed by atoms with Crippen molar-refractivity contribution in [1.82, 2.24) is 15.1 Å². The van der Waals surface area contributed by atoms with Crippen LogP contribution >= 0.6 is 0 Å². The molecule has 0 saturated carbocycles. The van der Waals surface area contributed by atoms with E-state index in [0.717, 1.165) is 25.3 Å². The van der Waals surface area contributed by atoms with Crippen LogP contribution in [-0.2, 0) is 6.54 Å². The lowest BCUT2D eigenvalue weighted by Crippen LogP contribution is -2.21. The highest BCUT2D eigenvalue weighted by atomic mass is 15.3. The maximum Gasteiger partial charge on any atom is 0.0593 e. The predicted octanol–water partition coefficient (Wildman–Crippen LogP) is 2.36. The molecule has 0 aromatic carbocycles. The van der Waals surface area contributed by atoms with Gasteiger partial charge in [-0.2, -0.15) is 5.10 Å². The minimum atomic E-state index is 0.974. The van der Waals surface area contributed by atoms with Crippen molar-refractivity contribution >= 4 is 0 Å². The summed E-state index contributed by atoms with van der Waals surface area (Å²) in [5, 5.41) is 7.78. The number of nitrogens with one attached hydrogen (secondary N) is 1. The molecule has 86 valence electrons. The Balaban J connectivity index is 1.93. The molecule has 0 saturated heterocycles. The zero-order valence-electron chi connectivity index (χ0n) is 10.00. The fourth-order valence-corrected chi connectivity index (χ4v) is 1.58. The van der Waals surface area contributed by atoms with Crippen LogP contribution in [-0.4, -0.2) is 22.9 Å². The van der Waals surface area contributed by atoms with Gasteiger partial charge in [-0.15, -0.1) is 0 Å². The van der Waals surface area contributed by atoms with Crippen molar-refractivity contribution in [3.63, 3.8) is 0 Å². The van der Waals surface area contributed by atoms with E-state index in [1.54, 1.807) is 0 Å². The van der Waals surface area contributed by atoms with Crippen LogP contribution in [0.25, 0.3) is 0 Å². The Morgan fingerprint density at radius 1 is 1.27 bits per heavy atom. The molecule has 0 amide bonds. The van der Waals surface area contributed by atoms with Crippen LogP contribution in [0.1, 0.15) is 38.3 Å². The molecule has 1 heterocycles. The van der Waals surface area contributed by atoms with E-state index in [1.165, 1.54) is 25.7 Å². The third-order valence-electron chi connectivity index (χ3n) is 2.50. The molecule has 3 nitrogen and oxygen atoms in total. The van der Waals surface area contributed by atoms with Gasteiger partial charge >= 0.3 is 0 Å². The highest BCUT2D eigenvalue weighted by molar-refractivity contribution is 4.94. The van der Waals surface area contributed by atoms with Crippen LogP contribution in [0, 0.1) is 6.92 Å². The molecule has 0 aliphatic rings. The van der Waals surface area contributed by atoms with E-state index in [9.17, 15) is 0 Å². The highest BCUT2D eigenvalue weighted by Gasteiger charge is 1.93. The average molecular weight is 209 g/mol. The molecule has 0 aliphatic carbocycles. The molecular formula is C12H23N3. The molecule has 1 rings (SSSR count). The van der Waals surface area contributed by atoms with Crippen LogP contribution in [0.5, 0.6) is 0 Å². The second kappa shape index (κ2) is 7.46. The lowest BCUT2D eigenvalue weighted by molar-refractivity contribution is 0.533. The molecule has 0 unspecified atom stereocenters. The van der Waals surface area contributed by atoms with Crippen molar-refractivity contribution in [1.29, 1.82) is 0 Å². The van der Waals surface area contributed by atoms with E-state index in [-0.39, 0.29) is 0 Å². The molecule has 0 spiro atoms. The molecule has 0 radical (unpaired) electrons. The van der Waals surface area contributed by atoms with Gasteiger partial charge < -0.3 is 5.32 Å². The SMILES string of the molecule is CCCCCCNCCn1ccc(C)n1. The number of aryl methyl sites for hydroxylation is 1. The van der Waals surface area contributed by atoms with Gasteiger partial charge in [0.1, 0.15) is 0 Å². The molecule has 15 heavy (non-hydrogen) atoms. The summed E-state index contributed by atoms with van der Waals surface area (Å²) in [7, 11) is 0. The van der Waals surface area contributed by atoms with Gasteiger partial charge in [0, 0.05) is 12.7 Å². The normalized spacial score (nSPS) is 10.8. The first-order valence-electron chi connectivity index (χ1n) is 6.03. The maximum absolute atomic E-state index is 4.33. The molecule has 1 aromatic heterocycles. The summed E-state index contributed by atoms with van der Waals surface area (Å²) >= 11 is 0. The number of hydrogen-bond donors (Lipinski definition) is 1. The largest absolute Gasteiger partial charge is 0.315 e. The van der Waals surface area contributed by atoms with Crippen LogP contribution in [0.4, 0.5) is 0 Å². The van der Waals surface area contributed by atoms with Gasteiger partial charge in [-0.25, -0.2) is 0 Å². The lowest BCUT2D eigenvalue weighted by Gasteiger charge is -2.04. The number of hydrogen-bond acceptors (Lipinski definition) is 2. The zero-order valence-corrected chi connectivity index (χ0v) is 10.00. The highest BCUT2D eigenvalue weighted by Crippen LogP contribution is 1.97. The zero-order chi connectivity index (χ0) is 10.9. The fraction of sp³-hybridized carbons (Fsp3) is 0.750. The fourth-order valence-electron chi connectivity index (χ4n) is 1.58. The Hall–Kier alpha value is -0.830. The Bertz CT molecular complexity index is 255. The van der Waals surface area contributed by atoms with E-state index in [1.807, 2.05) is 23.9 Å². The van der Waals surface area contributed by atoms with Gasteiger partial charge in [0.05, 0.1) is 12.2 Å².